The van der Waals surface area contributed by atoms with Crippen molar-refractivity contribution >= 4 is 12.3 Å². The van der Waals surface area contributed by atoms with Crippen LogP contribution in [0.25, 0.3) is 0 Å². The first-order valence-electron chi connectivity index (χ1n) is 7.91. The number of hydrogen-bond acceptors (Lipinski definition) is 10. The van der Waals surface area contributed by atoms with Crippen LogP contribution in [0.2, 0.25) is 0 Å². The minimum atomic E-state index is -0.857. The molecule has 0 aliphatic heterocycles. The van der Waals surface area contributed by atoms with E-state index in [1.165, 1.54) is 14.0 Å². The van der Waals surface area contributed by atoms with Crippen molar-refractivity contribution in [1.82, 2.24) is 0 Å². The molecule has 0 aromatic heterocycles. The third-order valence-electron chi connectivity index (χ3n) is 2.55. The van der Waals surface area contributed by atoms with Gasteiger partial charge >= 0.3 is 12.3 Å². The monoisotopic (exact) mass is 368 g/mol. The third kappa shape index (κ3) is 17.0. The van der Waals surface area contributed by atoms with Gasteiger partial charge in [-0.3, -0.25) is 0 Å². The molecular weight excluding hydrogens is 340 g/mol. The van der Waals surface area contributed by atoms with Gasteiger partial charge in [0.05, 0.1) is 38.6 Å². The molecule has 0 saturated carbocycles. The predicted molar refractivity (Wildman–Crippen MR) is 84.4 cm³/mol. The van der Waals surface area contributed by atoms with Crippen molar-refractivity contribution in [3.05, 3.63) is 0 Å². The van der Waals surface area contributed by atoms with E-state index in [2.05, 4.69) is 4.74 Å². The highest BCUT2D eigenvalue weighted by Gasteiger charge is 2.07. The molecule has 2 unspecified atom stereocenters. The van der Waals surface area contributed by atoms with Gasteiger partial charge in [-0.2, -0.15) is 0 Å². The lowest BCUT2D eigenvalue weighted by molar-refractivity contribution is -0.0164. The van der Waals surface area contributed by atoms with Crippen LogP contribution in [0.15, 0.2) is 0 Å². The van der Waals surface area contributed by atoms with E-state index >= 15 is 0 Å². The van der Waals surface area contributed by atoms with E-state index in [1.807, 2.05) is 0 Å². The van der Waals surface area contributed by atoms with Gasteiger partial charge in [0.15, 0.2) is 0 Å². The molecule has 0 heterocycles. The van der Waals surface area contributed by atoms with Crippen LogP contribution >= 0.6 is 0 Å². The second-order valence-corrected chi connectivity index (χ2v) is 4.94. The Labute approximate surface area is 147 Å². The van der Waals surface area contributed by atoms with Crippen LogP contribution < -0.4 is 0 Å². The lowest BCUT2D eigenvalue weighted by atomic mass is 10.4. The predicted octanol–water partition coefficient (Wildman–Crippen LogP) is 0.742. The number of rotatable bonds is 14. The molecule has 0 aliphatic rings. The van der Waals surface area contributed by atoms with Crippen molar-refractivity contribution in [3.8, 4) is 0 Å². The van der Waals surface area contributed by atoms with E-state index in [0.717, 1.165) is 0 Å². The van der Waals surface area contributed by atoms with Gasteiger partial charge in [-0.25, -0.2) is 9.59 Å². The summed E-state index contributed by atoms with van der Waals surface area (Å²) in [5.74, 6) is 0. The van der Waals surface area contributed by atoms with Gasteiger partial charge in [-0.1, -0.05) is 0 Å². The van der Waals surface area contributed by atoms with Crippen molar-refractivity contribution in [2.24, 2.45) is 0 Å². The summed E-state index contributed by atoms with van der Waals surface area (Å²) in [5.41, 5.74) is 0. The highest BCUT2D eigenvalue weighted by atomic mass is 16.7. The molecule has 0 rings (SSSR count). The molecule has 25 heavy (non-hydrogen) atoms. The summed E-state index contributed by atoms with van der Waals surface area (Å²) < 4.78 is 34.1. The summed E-state index contributed by atoms with van der Waals surface area (Å²) in [5, 5.41) is 8.91. The summed E-state index contributed by atoms with van der Waals surface area (Å²) in [6.07, 6.45) is -2.56. The molecule has 0 bridgehead atoms. The first-order chi connectivity index (χ1) is 12.0. The topological polar surface area (TPSA) is 119 Å². The number of carbonyl (C=O) groups excluding carboxylic acids is 2. The second kappa shape index (κ2) is 15.9. The molecule has 2 atom stereocenters. The van der Waals surface area contributed by atoms with Gasteiger partial charge in [-0.05, 0) is 13.8 Å². The lowest BCUT2D eigenvalue weighted by Crippen LogP contribution is -2.20. The lowest BCUT2D eigenvalue weighted by Gasteiger charge is -2.10. The molecule has 0 fully saturated rings. The van der Waals surface area contributed by atoms with E-state index in [-0.39, 0.29) is 45.7 Å². The Morgan fingerprint density at radius 1 is 0.760 bits per heavy atom. The molecule has 0 aromatic rings. The maximum absolute atomic E-state index is 11.2. The maximum atomic E-state index is 11.2. The Morgan fingerprint density at radius 2 is 1.20 bits per heavy atom. The minimum Gasteiger partial charge on any atom is -0.432 e. The van der Waals surface area contributed by atoms with E-state index < -0.39 is 18.4 Å². The molecule has 10 heteroatoms. The quantitative estimate of drug-likeness (QED) is 0.347. The summed E-state index contributed by atoms with van der Waals surface area (Å²) in [4.78, 5) is 22.2. The zero-order valence-corrected chi connectivity index (χ0v) is 14.9. The molecule has 148 valence electrons. The molecular formula is C15H28O10. The van der Waals surface area contributed by atoms with Crippen molar-refractivity contribution in [1.29, 1.82) is 0 Å². The highest BCUT2D eigenvalue weighted by Crippen LogP contribution is 1.93. The average molecular weight is 368 g/mol. The number of methoxy groups -OCH3 is 1. The van der Waals surface area contributed by atoms with Crippen molar-refractivity contribution < 1.29 is 47.9 Å². The van der Waals surface area contributed by atoms with Gasteiger partial charge in [-0.15, -0.1) is 0 Å². The van der Waals surface area contributed by atoms with Gasteiger partial charge in [0, 0.05) is 7.11 Å². The van der Waals surface area contributed by atoms with Crippen LogP contribution in [-0.2, 0) is 33.2 Å². The molecule has 0 radical (unpaired) electrons. The zero-order chi connectivity index (χ0) is 18.9. The number of carbonyl (C=O) groups is 2. The third-order valence-corrected chi connectivity index (χ3v) is 2.55. The number of aliphatic hydroxyl groups is 1. The van der Waals surface area contributed by atoms with E-state index in [1.54, 1.807) is 6.92 Å². The van der Waals surface area contributed by atoms with Crippen LogP contribution in [0.5, 0.6) is 0 Å². The largest absolute Gasteiger partial charge is 0.508 e. The Kier molecular flexibility index (Phi) is 14.9. The molecule has 10 nitrogen and oxygen atoms in total. The van der Waals surface area contributed by atoms with Gasteiger partial charge in [0.25, 0.3) is 0 Å². The summed E-state index contributed by atoms with van der Waals surface area (Å²) >= 11 is 0. The molecule has 0 aliphatic carbocycles. The first kappa shape index (κ1) is 23.4. The molecule has 0 saturated heterocycles. The highest BCUT2D eigenvalue weighted by molar-refractivity contribution is 5.60. The van der Waals surface area contributed by atoms with Gasteiger partial charge < -0.3 is 38.3 Å². The van der Waals surface area contributed by atoms with Gasteiger partial charge in [0.2, 0.25) is 0 Å². The smallest absolute Gasteiger partial charge is 0.432 e. The molecule has 1 N–H and O–H groups in total. The standard InChI is InChI=1S/C15H28O10/c1-12(16)10-24-14(17)22-8-6-20-4-5-21-7-9-23-15(18)25-11-13(2)19-3/h12-13,16H,4-11H2,1-3H3. The van der Waals surface area contributed by atoms with E-state index in [0.29, 0.717) is 13.2 Å². The van der Waals surface area contributed by atoms with Gasteiger partial charge in [0.1, 0.15) is 26.4 Å². The summed E-state index contributed by atoms with van der Waals surface area (Å²) in [6, 6.07) is 0. The average Bonchev–Trinajstić information content (AvgIpc) is 2.59. The molecule has 0 amide bonds. The Morgan fingerprint density at radius 3 is 1.64 bits per heavy atom. The number of aliphatic hydroxyl groups excluding tert-OH is 1. The second-order valence-electron chi connectivity index (χ2n) is 4.94. The van der Waals surface area contributed by atoms with Crippen LogP contribution in [0, 0.1) is 0 Å². The summed E-state index contributed by atoms with van der Waals surface area (Å²) in [7, 11) is 1.52. The minimum absolute atomic E-state index is 0.0352. The van der Waals surface area contributed by atoms with Crippen molar-refractivity contribution in [3.63, 3.8) is 0 Å². The van der Waals surface area contributed by atoms with Crippen LogP contribution in [0.3, 0.4) is 0 Å². The maximum Gasteiger partial charge on any atom is 0.508 e. The van der Waals surface area contributed by atoms with Crippen LogP contribution in [-0.4, -0.2) is 89.6 Å². The van der Waals surface area contributed by atoms with E-state index in [4.69, 9.17) is 33.5 Å². The number of hydrogen-bond donors (Lipinski definition) is 1. The van der Waals surface area contributed by atoms with Crippen molar-refractivity contribution in [2.75, 3.05) is 60.0 Å². The van der Waals surface area contributed by atoms with Crippen LogP contribution in [0.4, 0.5) is 9.59 Å². The number of ether oxygens (including phenoxy) is 7. The Hall–Kier alpha value is -1.62. The molecule has 0 aromatic carbocycles. The van der Waals surface area contributed by atoms with Crippen LogP contribution in [0.1, 0.15) is 13.8 Å². The Bertz CT molecular complexity index is 347. The van der Waals surface area contributed by atoms with Crippen molar-refractivity contribution in [2.45, 2.75) is 26.1 Å². The zero-order valence-electron chi connectivity index (χ0n) is 14.9. The molecule has 0 spiro atoms. The fraction of sp³-hybridized carbons (Fsp3) is 0.867. The summed E-state index contributed by atoms with van der Waals surface area (Å²) in [6.45, 7) is 4.35. The fourth-order valence-corrected chi connectivity index (χ4v) is 1.22. The van der Waals surface area contributed by atoms with E-state index in [9.17, 15) is 9.59 Å². The fourth-order valence-electron chi connectivity index (χ4n) is 1.22. The first-order valence-corrected chi connectivity index (χ1v) is 7.91. The SMILES string of the molecule is COC(C)COC(=O)OCCOCCOCCOC(=O)OCC(C)O. The Balaban J connectivity index is 3.28. The normalized spacial score (nSPS) is 13.0.